The van der Waals surface area contributed by atoms with Crippen LogP contribution in [-0.4, -0.2) is 29.3 Å². The first kappa shape index (κ1) is 34.5. The van der Waals surface area contributed by atoms with E-state index in [1.807, 2.05) is 6.20 Å². The molecule has 0 fully saturated rings. The van der Waals surface area contributed by atoms with Gasteiger partial charge in [0, 0.05) is 64.2 Å². The molecule has 8 aromatic rings. The molecule has 56 heavy (non-hydrogen) atoms. The molecule has 2 aliphatic heterocycles. The molecule has 8 heteroatoms. The zero-order valence-electron chi connectivity index (χ0n) is 33.2. The number of aromatic nitrogens is 8. The molecule has 7 heterocycles. The molecule has 0 saturated carbocycles. The monoisotopic (exact) mass is 736 g/mol. The van der Waals surface area contributed by atoms with E-state index < -0.39 is 5.54 Å². The first-order valence-electron chi connectivity index (χ1n) is 20.3. The third-order valence-corrected chi connectivity index (χ3v) is 12.4. The lowest BCUT2D eigenvalue weighted by atomic mass is 9.78. The number of allylic oxidation sites excluding steroid dienone is 1. The summed E-state index contributed by atoms with van der Waals surface area (Å²) in [5.74, 6) is 1.68. The van der Waals surface area contributed by atoms with Gasteiger partial charge in [-0.15, -0.1) is 0 Å². The summed E-state index contributed by atoms with van der Waals surface area (Å²) < 4.78 is 9.44. The summed E-state index contributed by atoms with van der Waals surface area (Å²) in [5.41, 5.74) is 12.0. The SMILES string of the molecule is CCCCc1ccc(-n2c3ccccc3c3c4c(ccc32)C(C2=Cn3nc(C(C)(C)C)nc3-c3cccc[n+]3C2(CC)CC)[n+]2c-4ccc3nccnc32)cc1. The smallest absolute Gasteiger partial charge is 0.309 e. The molecular formula is C48H48N8+2. The highest BCUT2D eigenvalue weighted by molar-refractivity contribution is 6.16. The number of para-hydroxylation sites is 1. The predicted octanol–water partition coefficient (Wildman–Crippen LogP) is 9.84. The van der Waals surface area contributed by atoms with Gasteiger partial charge in [0.1, 0.15) is 5.69 Å². The van der Waals surface area contributed by atoms with Gasteiger partial charge in [-0.05, 0) is 65.9 Å². The van der Waals surface area contributed by atoms with E-state index in [1.165, 1.54) is 62.6 Å². The fraction of sp³-hybridized carbons (Fsp3) is 0.292. The van der Waals surface area contributed by atoms with E-state index >= 15 is 0 Å². The maximum absolute atomic E-state index is 5.24. The lowest BCUT2D eigenvalue weighted by molar-refractivity contribution is -0.754. The van der Waals surface area contributed by atoms with Gasteiger partial charge < -0.3 is 4.57 Å². The van der Waals surface area contributed by atoms with Gasteiger partial charge in [0.05, 0.1) is 22.8 Å². The van der Waals surface area contributed by atoms with Crippen LogP contribution in [0.25, 0.3) is 67.6 Å². The van der Waals surface area contributed by atoms with Crippen molar-refractivity contribution in [1.82, 2.24) is 29.3 Å². The number of benzene rings is 3. The summed E-state index contributed by atoms with van der Waals surface area (Å²) in [5, 5.41) is 7.73. The Hall–Kier alpha value is -6.02. The van der Waals surface area contributed by atoms with Gasteiger partial charge in [0.15, 0.2) is 35.3 Å². The van der Waals surface area contributed by atoms with Crippen molar-refractivity contribution in [2.24, 2.45) is 0 Å². The van der Waals surface area contributed by atoms with Crippen LogP contribution in [-0.2, 0) is 17.4 Å². The minimum Gasteiger partial charge on any atom is -0.309 e. The van der Waals surface area contributed by atoms with Gasteiger partial charge in [0.25, 0.3) is 5.69 Å². The Balaban J connectivity index is 1.31. The van der Waals surface area contributed by atoms with Gasteiger partial charge in [-0.2, -0.15) is 9.67 Å². The Labute approximate surface area is 327 Å². The van der Waals surface area contributed by atoms with Crippen molar-refractivity contribution >= 4 is 39.2 Å². The Morgan fingerprint density at radius 1 is 0.786 bits per heavy atom. The molecule has 1 unspecified atom stereocenters. The average Bonchev–Trinajstić information content (AvgIpc) is 3.89. The molecule has 1 atom stereocenters. The number of fused-ring (bicyclic) bond motifs is 12. The largest absolute Gasteiger partial charge is 0.350 e. The minimum atomic E-state index is -0.399. The van der Waals surface area contributed by atoms with E-state index in [-0.39, 0.29) is 11.5 Å². The topological polar surface area (TPSA) is 69.2 Å². The molecule has 278 valence electrons. The maximum Gasteiger partial charge on any atom is 0.350 e. The highest BCUT2D eigenvalue weighted by atomic mass is 15.4. The van der Waals surface area contributed by atoms with E-state index in [9.17, 15) is 0 Å². The predicted molar refractivity (Wildman–Crippen MR) is 223 cm³/mol. The van der Waals surface area contributed by atoms with Crippen molar-refractivity contribution in [1.29, 1.82) is 0 Å². The van der Waals surface area contributed by atoms with Crippen molar-refractivity contribution in [2.45, 2.75) is 90.6 Å². The standard InChI is InChI=1S/C48H48N8/c1-7-10-15-31-19-21-32(22-20-31)55-37-17-12-11-16-33(37)41-38(55)25-23-34-42(41)39-26-24-36-44(50-28-27-49-36)56(39)43(34)35-30-54-45(51-46(52-54)47(4,5)6)40-18-13-14-29-53(40)48(35,8-2)9-3/h11-14,16-30,43H,7-10,15H2,1-6H3/q+2. The summed E-state index contributed by atoms with van der Waals surface area (Å²) in [4.78, 5) is 15.2. The highest BCUT2D eigenvalue weighted by Gasteiger charge is 2.53. The molecule has 0 N–H and O–H groups in total. The van der Waals surface area contributed by atoms with Gasteiger partial charge in [0.2, 0.25) is 5.82 Å². The van der Waals surface area contributed by atoms with Gasteiger partial charge in [-0.25, -0.2) is 19.2 Å². The van der Waals surface area contributed by atoms with Crippen LogP contribution in [0, 0.1) is 0 Å². The van der Waals surface area contributed by atoms with E-state index in [4.69, 9.17) is 20.1 Å². The summed E-state index contributed by atoms with van der Waals surface area (Å²) in [7, 11) is 0. The lowest BCUT2D eigenvalue weighted by Crippen LogP contribution is -2.60. The van der Waals surface area contributed by atoms with Crippen LogP contribution in [0.5, 0.6) is 0 Å². The number of aryl methyl sites for hydroxylation is 1. The molecule has 0 amide bonds. The second-order valence-corrected chi connectivity index (χ2v) is 16.5. The first-order valence-corrected chi connectivity index (χ1v) is 20.3. The molecule has 5 aromatic heterocycles. The summed E-state index contributed by atoms with van der Waals surface area (Å²) in [6.45, 7) is 13.4. The molecule has 8 nitrogen and oxygen atoms in total. The van der Waals surface area contributed by atoms with Crippen LogP contribution in [0.4, 0.5) is 0 Å². The van der Waals surface area contributed by atoms with Crippen LogP contribution in [0.15, 0.2) is 115 Å². The van der Waals surface area contributed by atoms with E-state index in [0.29, 0.717) is 0 Å². The van der Waals surface area contributed by atoms with Crippen molar-refractivity contribution in [3.63, 3.8) is 0 Å². The average molecular weight is 737 g/mol. The third kappa shape index (κ3) is 4.90. The van der Waals surface area contributed by atoms with Crippen molar-refractivity contribution in [2.75, 3.05) is 0 Å². The zero-order valence-corrected chi connectivity index (χ0v) is 33.2. The molecule has 10 rings (SSSR count). The second-order valence-electron chi connectivity index (χ2n) is 16.5. The van der Waals surface area contributed by atoms with Gasteiger partial charge in [-0.1, -0.05) is 84.4 Å². The summed E-state index contributed by atoms with van der Waals surface area (Å²) in [6, 6.07) is 33.5. The number of nitrogens with zero attached hydrogens (tertiary/aromatic N) is 8. The molecule has 2 aliphatic rings. The fourth-order valence-corrected chi connectivity index (χ4v) is 9.58. The molecule has 0 aliphatic carbocycles. The molecular weight excluding hydrogens is 689 g/mol. The Bertz CT molecular complexity index is 2860. The van der Waals surface area contributed by atoms with E-state index in [0.717, 1.165) is 53.5 Å². The fourth-order valence-electron chi connectivity index (χ4n) is 9.58. The number of hydrogen-bond acceptors (Lipinski definition) is 4. The van der Waals surface area contributed by atoms with E-state index in [1.54, 1.807) is 6.20 Å². The number of pyridine rings is 2. The van der Waals surface area contributed by atoms with Crippen LogP contribution in [0.1, 0.15) is 90.2 Å². The van der Waals surface area contributed by atoms with Crippen LogP contribution in [0.3, 0.4) is 0 Å². The third-order valence-electron chi connectivity index (χ3n) is 12.4. The van der Waals surface area contributed by atoms with Gasteiger partial charge in [-0.3, -0.25) is 0 Å². The molecule has 0 spiro atoms. The quantitative estimate of drug-likeness (QED) is 0.153. The number of hydrogen-bond donors (Lipinski definition) is 0. The number of rotatable bonds is 7. The summed E-state index contributed by atoms with van der Waals surface area (Å²) >= 11 is 0. The van der Waals surface area contributed by atoms with Crippen LogP contribution >= 0.6 is 0 Å². The minimum absolute atomic E-state index is 0.196. The van der Waals surface area contributed by atoms with Crippen molar-refractivity contribution in [3.8, 4) is 28.5 Å². The van der Waals surface area contributed by atoms with Crippen LogP contribution in [0.2, 0.25) is 0 Å². The maximum atomic E-state index is 5.24. The lowest BCUT2D eigenvalue weighted by Gasteiger charge is -2.31. The second kappa shape index (κ2) is 12.8. The van der Waals surface area contributed by atoms with Crippen molar-refractivity contribution < 1.29 is 9.13 Å². The van der Waals surface area contributed by atoms with E-state index in [2.05, 4.69) is 163 Å². The Kier molecular flexibility index (Phi) is 7.86. The van der Waals surface area contributed by atoms with Crippen molar-refractivity contribution in [3.05, 3.63) is 132 Å². The Morgan fingerprint density at radius 3 is 2.36 bits per heavy atom. The first-order chi connectivity index (χ1) is 27.3. The molecule has 0 saturated heterocycles. The van der Waals surface area contributed by atoms with Crippen LogP contribution < -0.4 is 9.13 Å². The normalized spacial score (nSPS) is 15.8. The number of unbranched alkanes of at least 4 members (excludes halogenated alkanes) is 1. The highest BCUT2D eigenvalue weighted by Crippen LogP contribution is 2.50. The zero-order chi connectivity index (χ0) is 38.3. The molecule has 0 radical (unpaired) electrons. The summed E-state index contributed by atoms with van der Waals surface area (Å²) in [6.07, 6.45) is 13.4. The Morgan fingerprint density at radius 2 is 1.57 bits per heavy atom. The molecule has 0 bridgehead atoms. The van der Waals surface area contributed by atoms with Gasteiger partial charge >= 0.3 is 5.65 Å². The molecule has 3 aromatic carbocycles.